The smallest absolute Gasteiger partial charge is 0.253 e. The second-order valence-electron chi connectivity index (χ2n) is 6.26. The van der Waals surface area contributed by atoms with Crippen LogP contribution >= 0.6 is 0 Å². The minimum atomic E-state index is -0.0354. The van der Waals surface area contributed by atoms with Gasteiger partial charge in [-0.25, -0.2) is 0 Å². The number of nitrogens with zero attached hydrogens (tertiary/aromatic N) is 1. The predicted molar refractivity (Wildman–Crippen MR) is 87.6 cm³/mol. The lowest BCUT2D eigenvalue weighted by molar-refractivity contribution is 0.0712. The van der Waals surface area contributed by atoms with Gasteiger partial charge < -0.3 is 19.0 Å². The number of ether oxygens (including phenoxy) is 1. The quantitative estimate of drug-likeness (QED) is 0.922. The number of aryl methyl sites for hydroxylation is 1. The Morgan fingerprint density at radius 3 is 2.96 bits per heavy atom. The molecule has 5 nitrogen and oxygen atoms in total. The van der Waals surface area contributed by atoms with Crippen LogP contribution in [0.25, 0.3) is 0 Å². The van der Waals surface area contributed by atoms with Crippen molar-refractivity contribution in [3.05, 3.63) is 47.2 Å². The highest BCUT2D eigenvalue weighted by atomic mass is 16.5. The van der Waals surface area contributed by atoms with Crippen LogP contribution in [0.3, 0.4) is 0 Å². The Labute approximate surface area is 136 Å². The van der Waals surface area contributed by atoms with Gasteiger partial charge in [-0.1, -0.05) is 0 Å². The average Bonchev–Trinajstić information content (AvgIpc) is 3.25. The number of aromatic nitrogens is 1. The Hall–Kier alpha value is -2.01. The molecule has 2 aromatic rings. The summed E-state index contributed by atoms with van der Waals surface area (Å²) < 4.78 is 13.2. The lowest BCUT2D eigenvalue weighted by Gasteiger charge is -2.20. The first-order chi connectivity index (χ1) is 11.1. The molecule has 1 aliphatic rings. The number of furan rings is 1. The fraction of sp³-hybridized carbons (Fsp3) is 0.500. The van der Waals surface area contributed by atoms with Crippen LogP contribution in [0.4, 0.5) is 0 Å². The molecule has 0 aromatic carbocycles. The van der Waals surface area contributed by atoms with E-state index in [0.717, 1.165) is 42.2 Å². The van der Waals surface area contributed by atoms with Gasteiger partial charge in [0.05, 0.1) is 30.5 Å². The highest BCUT2D eigenvalue weighted by molar-refractivity contribution is 5.95. The van der Waals surface area contributed by atoms with Crippen LogP contribution in [0.2, 0.25) is 0 Å². The normalized spacial score (nSPS) is 19.0. The summed E-state index contributed by atoms with van der Waals surface area (Å²) in [6.45, 7) is 7.43. The summed E-state index contributed by atoms with van der Waals surface area (Å²) in [5.74, 6) is 0.846. The summed E-state index contributed by atoms with van der Waals surface area (Å²) in [5.41, 5.74) is 2.73. The van der Waals surface area contributed by atoms with Crippen molar-refractivity contribution in [1.82, 2.24) is 9.88 Å². The molecule has 0 saturated carbocycles. The molecular weight excluding hydrogens is 292 g/mol. The highest BCUT2D eigenvalue weighted by Crippen LogP contribution is 2.19. The molecule has 1 aliphatic heterocycles. The zero-order valence-electron chi connectivity index (χ0n) is 14.0. The molecule has 1 N–H and O–H groups in total. The van der Waals surface area contributed by atoms with Crippen LogP contribution < -0.4 is 5.32 Å². The van der Waals surface area contributed by atoms with Gasteiger partial charge in [0.25, 0.3) is 5.91 Å². The molecule has 1 fully saturated rings. The zero-order chi connectivity index (χ0) is 16.4. The van der Waals surface area contributed by atoms with E-state index in [-0.39, 0.29) is 18.1 Å². The van der Waals surface area contributed by atoms with E-state index >= 15 is 0 Å². The van der Waals surface area contributed by atoms with E-state index in [1.807, 2.05) is 39.0 Å². The van der Waals surface area contributed by atoms with Crippen LogP contribution in [0.15, 0.2) is 28.9 Å². The number of nitrogens with one attached hydrogen (secondary N) is 1. The van der Waals surface area contributed by atoms with Crippen molar-refractivity contribution < 1.29 is 13.9 Å². The maximum absolute atomic E-state index is 12.6. The third-order valence-electron chi connectivity index (χ3n) is 4.59. The van der Waals surface area contributed by atoms with Crippen LogP contribution in [0.1, 0.15) is 47.3 Å². The Morgan fingerprint density at radius 2 is 2.30 bits per heavy atom. The predicted octanol–water partition coefficient (Wildman–Crippen LogP) is 3.04. The highest BCUT2D eigenvalue weighted by Gasteiger charge is 2.25. The van der Waals surface area contributed by atoms with Crippen molar-refractivity contribution in [2.45, 2.75) is 52.3 Å². The van der Waals surface area contributed by atoms with Gasteiger partial charge in [-0.15, -0.1) is 0 Å². The minimum Gasteiger partial charge on any atom is -0.467 e. The van der Waals surface area contributed by atoms with E-state index in [4.69, 9.17) is 9.15 Å². The minimum absolute atomic E-state index is 0.0260. The summed E-state index contributed by atoms with van der Waals surface area (Å²) in [4.78, 5) is 12.6. The molecule has 3 rings (SSSR count). The standard InChI is InChI=1S/C18H24N2O3/c1-12-10-16(14(3)20(12)11-15-6-4-8-22-15)18(21)19-13(2)17-7-5-9-23-17/h4,6,8,10,13,17H,5,7,9,11H2,1-3H3,(H,19,21)/t13-,17+/m0/s1. The SMILES string of the molecule is Cc1cc(C(=O)N[C@@H](C)[C@H]2CCCO2)c(C)n1Cc1ccco1. The van der Waals surface area contributed by atoms with Crippen molar-refractivity contribution in [3.8, 4) is 0 Å². The van der Waals surface area contributed by atoms with Gasteiger partial charge in [-0.2, -0.15) is 0 Å². The molecule has 1 saturated heterocycles. The summed E-state index contributed by atoms with van der Waals surface area (Å²) in [5, 5.41) is 3.08. The van der Waals surface area contributed by atoms with E-state index in [9.17, 15) is 4.79 Å². The van der Waals surface area contributed by atoms with Crippen LogP contribution in [-0.2, 0) is 11.3 Å². The van der Waals surface area contributed by atoms with Crippen molar-refractivity contribution in [2.75, 3.05) is 6.61 Å². The first-order valence-corrected chi connectivity index (χ1v) is 8.18. The summed E-state index contributed by atoms with van der Waals surface area (Å²) in [6, 6.07) is 5.78. The molecule has 2 aromatic heterocycles. The number of hydrogen-bond acceptors (Lipinski definition) is 3. The molecule has 0 unspecified atom stereocenters. The molecule has 0 aliphatic carbocycles. The number of amides is 1. The number of hydrogen-bond donors (Lipinski definition) is 1. The lowest BCUT2D eigenvalue weighted by atomic mass is 10.1. The summed E-state index contributed by atoms with van der Waals surface area (Å²) in [7, 11) is 0. The Kier molecular flexibility index (Phi) is 4.57. The van der Waals surface area contributed by atoms with E-state index in [1.54, 1.807) is 6.26 Å². The summed E-state index contributed by atoms with van der Waals surface area (Å²) >= 11 is 0. The Bertz CT molecular complexity index is 667. The molecule has 23 heavy (non-hydrogen) atoms. The number of carbonyl (C=O) groups excluding carboxylic acids is 1. The largest absolute Gasteiger partial charge is 0.467 e. The van der Waals surface area contributed by atoms with Gasteiger partial charge >= 0.3 is 0 Å². The topological polar surface area (TPSA) is 56.4 Å². The first-order valence-electron chi connectivity index (χ1n) is 8.18. The molecule has 124 valence electrons. The van der Waals surface area contributed by atoms with Crippen molar-refractivity contribution >= 4 is 5.91 Å². The fourth-order valence-electron chi connectivity index (χ4n) is 3.21. The van der Waals surface area contributed by atoms with E-state index < -0.39 is 0 Å². The van der Waals surface area contributed by atoms with Crippen molar-refractivity contribution in [2.24, 2.45) is 0 Å². The van der Waals surface area contributed by atoms with E-state index in [2.05, 4.69) is 9.88 Å². The third-order valence-corrected chi connectivity index (χ3v) is 4.59. The summed E-state index contributed by atoms with van der Waals surface area (Å²) in [6.07, 6.45) is 3.88. The van der Waals surface area contributed by atoms with Crippen LogP contribution in [-0.4, -0.2) is 29.2 Å². The van der Waals surface area contributed by atoms with Gasteiger partial charge in [0.1, 0.15) is 5.76 Å². The van der Waals surface area contributed by atoms with Gasteiger partial charge in [0.15, 0.2) is 0 Å². The Morgan fingerprint density at radius 1 is 1.48 bits per heavy atom. The monoisotopic (exact) mass is 316 g/mol. The van der Waals surface area contributed by atoms with E-state index in [1.165, 1.54) is 0 Å². The number of carbonyl (C=O) groups is 1. The second kappa shape index (κ2) is 6.62. The van der Waals surface area contributed by atoms with Gasteiger partial charge in [0.2, 0.25) is 0 Å². The maximum atomic E-state index is 12.6. The van der Waals surface area contributed by atoms with Gasteiger partial charge in [-0.05, 0) is 51.8 Å². The van der Waals surface area contributed by atoms with Crippen LogP contribution in [0.5, 0.6) is 0 Å². The molecule has 0 spiro atoms. The molecule has 0 radical (unpaired) electrons. The molecular formula is C18H24N2O3. The lowest BCUT2D eigenvalue weighted by Crippen LogP contribution is -2.41. The molecule has 3 heterocycles. The van der Waals surface area contributed by atoms with Gasteiger partial charge in [0, 0.05) is 18.0 Å². The molecule has 5 heteroatoms. The number of rotatable bonds is 5. The van der Waals surface area contributed by atoms with Gasteiger partial charge in [-0.3, -0.25) is 4.79 Å². The zero-order valence-corrected chi connectivity index (χ0v) is 14.0. The third kappa shape index (κ3) is 3.34. The average molecular weight is 316 g/mol. The Balaban J connectivity index is 1.73. The molecule has 1 amide bonds. The first kappa shape index (κ1) is 15.9. The van der Waals surface area contributed by atoms with E-state index in [0.29, 0.717) is 6.54 Å². The fourth-order valence-corrected chi connectivity index (χ4v) is 3.21. The second-order valence-corrected chi connectivity index (χ2v) is 6.26. The maximum Gasteiger partial charge on any atom is 0.253 e. The van der Waals surface area contributed by atoms with Crippen LogP contribution in [0, 0.1) is 13.8 Å². The molecule has 2 atom stereocenters. The molecule has 0 bridgehead atoms. The van der Waals surface area contributed by atoms with Crippen molar-refractivity contribution in [3.63, 3.8) is 0 Å². The van der Waals surface area contributed by atoms with Crippen molar-refractivity contribution in [1.29, 1.82) is 0 Å².